The van der Waals surface area contributed by atoms with E-state index in [-0.39, 0.29) is 11.7 Å². The number of hydrogen-bond acceptors (Lipinski definition) is 4. The Morgan fingerprint density at radius 2 is 1.93 bits per heavy atom. The molecular formula is C8H18N2O3S. The van der Waals surface area contributed by atoms with Gasteiger partial charge in [0.05, 0.1) is 5.75 Å². The standard InChI is InChI=1S/C8H18N2O3S/c1-14(12,13)7-6-10-5-3-2-4-8(9)11/h10H,2-7H2,1H3,(H2,9,11). The summed E-state index contributed by atoms with van der Waals surface area (Å²) in [6.07, 6.45) is 3.20. The van der Waals surface area contributed by atoms with Gasteiger partial charge in [-0.2, -0.15) is 0 Å². The van der Waals surface area contributed by atoms with Gasteiger partial charge in [0, 0.05) is 19.2 Å². The van der Waals surface area contributed by atoms with E-state index in [0.29, 0.717) is 13.0 Å². The van der Waals surface area contributed by atoms with Crippen LogP contribution in [-0.4, -0.2) is 39.4 Å². The lowest BCUT2D eigenvalue weighted by Gasteiger charge is -2.02. The van der Waals surface area contributed by atoms with E-state index in [1.165, 1.54) is 6.26 Å². The summed E-state index contributed by atoms with van der Waals surface area (Å²) in [4.78, 5) is 10.3. The van der Waals surface area contributed by atoms with Crippen LogP contribution in [0.1, 0.15) is 19.3 Å². The molecule has 0 spiro atoms. The molecule has 0 fully saturated rings. The molecule has 5 nitrogen and oxygen atoms in total. The molecule has 0 bridgehead atoms. The lowest BCUT2D eigenvalue weighted by Crippen LogP contribution is -2.23. The van der Waals surface area contributed by atoms with Crippen molar-refractivity contribution in [2.75, 3.05) is 25.1 Å². The molecule has 0 aromatic carbocycles. The number of nitrogens with two attached hydrogens (primary N) is 1. The van der Waals surface area contributed by atoms with Crippen LogP contribution in [0, 0.1) is 0 Å². The van der Waals surface area contributed by atoms with Crippen LogP contribution in [0.2, 0.25) is 0 Å². The predicted octanol–water partition coefficient (Wildman–Crippen LogP) is -0.724. The van der Waals surface area contributed by atoms with Gasteiger partial charge in [-0.1, -0.05) is 0 Å². The summed E-state index contributed by atoms with van der Waals surface area (Å²) in [5.74, 6) is -0.135. The molecule has 0 saturated carbocycles. The molecule has 84 valence electrons. The lowest BCUT2D eigenvalue weighted by atomic mass is 10.2. The summed E-state index contributed by atoms with van der Waals surface area (Å²) in [5.41, 5.74) is 4.95. The van der Waals surface area contributed by atoms with E-state index in [1.54, 1.807) is 0 Å². The van der Waals surface area contributed by atoms with Crippen LogP contribution in [0.15, 0.2) is 0 Å². The first-order chi connectivity index (χ1) is 6.42. The zero-order valence-corrected chi connectivity index (χ0v) is 9.27. The Bertz CT molecular complexity index is 262. The second-order valence-electron chi connectivity index (χ2n) is 3.30. The molecule has 0 aliphatic heterocycles. The number of nitrogens with one attached hydrogen (secondary N) is 1. The predicted molar refractivity (Wildman–Crippen MR) is 55.6 cm³/mol. The zero-order chi connectivity index (χ0) is 11.0. The van der Waals surface area contributed by atoms with Gasteiger partial charge in [0.15, 0.2) is 0 Å². The van der Waals surface area contributed by atoms with Gasteiger partial charge < -0.3 is 11.1 Å². The average Bonchev–Trinajstić information content (AvgIpc) is 2.00. The molecule has 6 heteroatoms. The fourth-order valence-corrected chi connectivity index (χ4v) is 1.45. The second-order valence-corrected chi connectivity index (χ2v) is 5.56. The summed E-state index contributed by atoms with van der Waals surface area (Å²) < 4.78 is 21.4. The molecule has 0 unspecified atom stereocenters. The Labute approximate surface area is 85.0 Å². The molecule has 0 aliphatic carbocycles. The second kappa shape index (κ2) is 6.78. The third kappa shape index (κ3) is 11.4. The van der Waals surface area contributed by atoms with Crippen molar-refractivity contribution in [3.05, 3.63) is 0 Å². The molecular weight excluding hydrogens is 204 g/mol. The smallest absolute Gasteiger partial charge is 0.217 e. The Kier molecular flexibility index (Phi) is 6.48. The maximum atomic E-state index is 10.7. The normalized spacial score (nSPS) is 11.5. The third-order valence-electron chi connectivity index (χ3n) is 1.68. The monoisotopic (exact) mass is 222 g/mol. The van der Waals surface area contributed by atoms with Crippen LogP contribution in [-0.2, 0) is 14.6 Å². The van der Waals surface area contributed by atoms with Crippen LogP contribution in [0.4, 0.5) is 0 Å². The van der Waals surface area contributed by atoms with Gasteiger partial charge in [-0.25, -0.2) is 8.42 Å². The van der Waals surface area contributed by atoms with Crippen LogP contribution in [0.3, 0.4) is 0 Å². The van der Waals surface area contributed by atoms with Crippen molar-refractivity contribution >= 4 is 15.7 Å². The summed E-state index contributed by atoms with van der Waals surface area (Å²) in [7, 11) is -2.87. The molecule has 0 radical (unpaired) electrons. The fourth-order valence-electron chi connectivity index (χ4n) is 0.932. The number of carbonyl (C=O) groups excluding carboxylic acids is 1. The highest BCUT2D eigenvalue weighted by atomic mass is 32.2. The van der Waals surface area contributed by atoms with E-state index in [1.807, 2.05) is 0 Å². The largest absolute Gasteiger partial charge is 0.370 e. The minimum absolute atomic E-state index is 0.156. The molecule has 0 aliphatic rings. The minimum atomic E-state index is -2.87. The van der Waals surface area contributed by atoms with Crippen molar-refractivity contribution in [2.24, 2.45) is 5.73 Å². The van der Waals surface area contributed by atoms with E-state index < -0.39 is 9.84 Å². The topological polar surface area (TPSA) is 89.3 Å². The van der Waals surface area contributed by atoms with Crippen molar-refractivity contribution in [3.8, 4) is 0 Å². The summed E-state index contributed by atoms with van der Waals surface area (Å²) in [5, 5.41) is 2.98. The van der Waals surface area contributed by atoms with Crippen molar-refractivity contribution < 1.29 is 13.2 Å². The average molecular weight is 222 g/mol. The number of amides is 1. The van der Waals surface area contributed by atoms with Gasteiger partial charge in [0.1, 0.15) is 9.84 Å². The van der Waals surface area contributed by atoms with Crippen LogP contribution < -0.4 is 11.1 Å². The van der Waals surface area contributed by atoms with Crippen LogP contribution in [0.5, 0.6) is 0 Å². The molecule has 0 atom stereocenters. The number of rotatable bonds is 8. The number of carbonyl (C=O) groups is 1. The van der Waals surface area contributed by atoms with E-state index >= 15 is 0 Å². The highest BCUT2D eigenvalue weighted by Gasteiger charge is 2.00. The first-order valence-electron chi connectivity index (χ1n) is 4.58. The number of sulfone groups is 1. The van der Waals surface area contributed by atoms with Gasteiger partial charge in [0.25, 0.3) is 0 Å². The number of unbranched alkanes of at least 4 members (excludes halogenated alkanes) is 1. The molecule has 0 aromatic heterocycles. The maximum absolute atomic E-state index is 10.7. The van der Waals surface area contributed by atoms with Gasteiger partial charge in [-0.05, 0) is 19.4 Å². The lowest BCUT2D eigenvalue weighted by molar-refractivity contribution is -0.118. The quantitative estimate of drug-likeness (QED) is 0.530. The molecule has 0 rings (SSSR count). The Morgan fingerprint density at radius 3 is 2.43 bits per heavy atom. The Morgan fingerprint density at radius 1 is 1.29 bits per heavy atom. The number of primary amides is 1. The van der Waals surface area contributed by atoms with Crippen LogP contribution in [0.25, 0.3) is 0 Å². The van der Waals surface area contributed by atoms with E-state index in [9.17, 15) is 13.2 Å². The van der Waals surface area contributed by atoms with Crippen molar-refractivity contribution in [1.82, 2.24) is 5.32 Å². The summed E-state index contributed by atoms with van der Waals surface area (Å²) >= 11 is 0. The molecule has 1 amide bonds. The summed E-state index contributed by atoms with van der Waals surface area (Å²) in [6.45, 7) is 1.19. The molecule has 0 heterocycles. The van der Waals surface area contributed by atoms with Crippen molar-refractivity contribution in [2.45, 2.75) is 19.3 Å². The highest BCUT2D eigenvalue weighted by Crippen LogP contribution is 1.92. The zero-order valence-electron chi connectivity index (χ0n) is 8.45. The Hall–Kier alpha value is -0.620. The van der Waals surface area contributed by atoms with Gasteiger partial charge in [-0.3, -0.25) is 4.79 Å². The molecule has 0 aromatic rings. The van der Waals surface area contributed by atoms with Crippen LogP contribution >= 0.6 is 0 Å². The van der Waals surface area contributed by atoms with Gasteiger partial charge in [0.2, 0.25) is 5.91 Å². The first kappa shape index (κ1) is 13.4. The van der Waals surface area contributed by atoms with E-state index in [4.69, 9.17) is 5.73 Å². The molecule has 3 N–H and O–H groups in total. The van der Waals surface area contributed by atoms with E-state index in [2.05, 4.69) is 5.32 Å². The Balaban J connectivity index is 3.19. The fraction of sp³-hybridized carbons (Fsp3) is 0.875. The third-order valence-corrected chi connectivity index (χ3v) is 2.62. The molecule has 0 saturated heterocycles. The highest BCUT2D eigenvalue weighted by molar-refractivity contribution is 7.90. The maximum Gasteiger partial charge on any atom is 0.217 e. The molecule has 14 heavy (non-hydrogen) atoms. The number of hydrogen-bond donors (Lipinski definition) is 2. The SMILES string of the molecule is CS(=O)(=O)CCNCCCCC(N)=O. The first-order valence-corrected chi connectivity index (χ1v) is 6.64. The van der Waals surface area contributed by atoms with Gasteiger partial charge >= 0.3 is 0 Å². The van der Waals surface area contributed by atoms with E-state index in [0.717, 1.165) is 19.4 Å². The summed E-state index contributed by atoms with van der Waals surface area (Å²) in [6, 6.07) is 0. The van der Waals surface area contributed by atoms with Crippen molar-refractivity contribution in [1.29, 1.82) is 0 Å². The van der Waals surface area contributed by atoms with Gasteiger partial charge in [-0.15, -0.1) is 0 Å². The minimum Gasteiger partial charge on any atom is -0.370 e. The van der Waals surface area contributed by atoms with Crippen molar-refractivity contribution in [3.63, 3.8) is 0 Å².